The summed E-state index contributed by atoms with van der Waals surface area (Å²) in [5, 5.41) is 0. The van der Waals surface area contributed by atoms with Gasteiger partial charge in [0.25, 0.3) is 0 Å². The zero-order chi connectivity index (χ0) is 9.84. The van der Waals surface area contributed by atoms with Gasteiger partial charge in [-0.1, -0.05) is 26.0 Å². The van der Waals surface area contributed by atoms with Gasteiger partial charge in [-0.25, -0.2) is 4.39 Å². The van der Waals surface area contributed by atoms with Crippen LogP contribution in [0.5, 0.6) is 0 Å². The third-order valence-corrected chi connectivity index (χ3v) is 2.36. The Morgan fingerprint density at radius 3 is 2.15 bits per heavy atom. The molecule has 0 aromatic heterocycles. The quantitative estimate of drug-likeness (QED) is 0.761. The van der Waals surface area contributed by atoms with Crippen molar-refractivity contribution in [2.75, 3.05) is 6.54 Å². The van der Waals surface area contributed by atoms with Gasteiger partial charge in [0.05, 0.1) is 0 Å². The van der Waals surface area contributed by atoms with Gasteiger partial charge in [-0.05, 0) is 36.1 Å². The summed E-state index contributed by atoms with van der Waals surface area (Å²) in [7, 11) is 0. The molecule has 0 bridgehead atoms. The highest BCUT2D eigenvalue weighted by Crippen LogP contribution is 2.22. The molecule has 0 saturated heterocycles. The van der Waals surface area contributed by atoms with E-state index in [4.69, 9.17) is 5.73 Å². The molecule has 2 heteroatoms. The lowest BCUT2D eigenvalue weighted by Gasteiger charge is -2.18. The first-order chi connectivity index (χ1) is 6.15. The summed E-state index contributed by atoms with van der Waals surface area (Å²) in [5.41, 5.74) is 6.77. The van der Waals surface area contributed by atoms with Gasteiger partial charge in [-0.3, -0.25) is 0 Å². The molecule has 0 amide bonds. The summed E-state index contributed by atoms with van der Waals surface area (Å²) < 4.78 is 12.6. The minimum absolute atomic E-state index is 0.191. The largest absolute Gasteiger partial charge is 0.330 e. The molecule has 0 radical (unpaired) electrons. The van der Waals surface area contributed by atoms with Crippen LogP contribution in [0.3, 0.4) is 0 Å². The molecule has 0 spiro atoms. The van der Waals surface area contributed by atoms with E-state index >= 15 is 0 Å². The first-order valence-corrected chi connectivity index (χ1v) is 4.60. The van der Waals surface area contributed by atoms with Crippen LogP contribution in [-0.2, 0) is 0 Å². The van der Waals surface area contributed by atoms with Crippen LogP contribution < -0.4 is 5.73 Å². The molecule has 0 aliphatic rings. The van der Waals surface area contributed by atoms with Gasteiger partial charge in [-0.2, -0.15) is 0 Å². The second-order valence-corrected chi connectivity index (χ2v) is 3.64. The van der Waals surface area contributed by atoms with Gasteiger partial charge in [0, 0.05) is 0 Å². The van der Waals surface area contributed by atoms with Crippen LogP contribution in [0, 0.1) is 11.7 Å². The topological polar surface area (TPSA) is 26.0 Å². The van der Waals surface area contributed by atoms with E-state index in [-0.39, 0.29) is 5.82 Å². The van der Waals surface area contributed by atoms with E-state index < -0.39 is 0 Å². The molecule has 13 heavy (non-hydrogen) atoms. The van der Waals surface area contributed by atoms with Crippen molar-refractivity contribution in [1.29, 1.82) is 0 Å². The van der Waals surface area contributed by atoms with Crippen LogP contribution in [0.4, 0.5) is 4.39 Å². The molecule has 1 atom stereocenters. The molecule has 1 nitrogen and oxygen atoms in total. The van der Waals surface area contributed by atoms with Crippen LogP contribution >= 0.6 is 0 Å². The van der Waals surface area contributed by atoms with Crippen LogP contribution in [-0.4, -0.2) is 6.54 Å². The van der Waals surface area contributed by atoms with Crippen molar-refractivity contribution in [3.05, 3.63) is 35.6 Å². The average molecular weight is 181 g/mol. The second-order valence-electron chi connectivity index (χ2n) is 3.64. The van der Waals surface area contributed by atoms with Crippen LogP contribution in [0.15, 0.2) is 24.3 Å². The number of benzene rings is 1. The molecule has 72 valence electrons. The Bertz CT molecular complexity index is 253. The fraction of sp³-hybridized carbons (Fsp3) is 0.455. The molecular formula is C11H16FN. The van der Waals surface area contributed by atoms with E-state index in [1.807, 2.05) is 12.1 Å². The highest BCUT2D eigenvalue weighted by molar-refractivity contribution is 5.21. The molecule has 0 heterocycles. The Balaban J connectivity index is 2.86. The van der Waals surface area contributed by atoms with Crippen molar-refractivity contribution in [3.63, 3.8) is 0 Å². The summed E-state index contributed by atoms with van der Waals surface area (Å²) in [5.74, 6) is 0.638. The van der Waals surface area contributed by atoms with Crippen molar-refractivity contribution in [2.45, 2.75) is 19.8 Å². The van der Waals surface area contributed by atoms with Gasteiger partial charge in [0.1, 0.15) is 5.82 Å². The lowest BCUT2D eigenvalue weighted by atomic mass is 9.89. The SMILES string of the molecule is CC(C)C(CN)c1ccc(F)cc1. The standard InChI is InChI=1S/C11H16FN/c1-8(2)11(7-13)9-3-5-10(12)6-4-9/h3-6,8,11H,7,13H2,1-2H3. The number of hydrogen-bond acceptors (Lipinski definition) is 1. The molecule has 0 aliphatic heterocycles. The molecule has 1 unspecified atom stereocenters. The molecule has 0 fully saturated rings. The number of halogens is 1. The summed E-state index contributed by atoms with van der Waals surface area (Å²) in [6, 6.07) is 6.60. The zero-order valence-electron chi connectivity index (χ0n) is 8.13. The van der Waals surface area contributed by atoms with Crippen molar-refractivity contribution in [1.82, 2.24) is 0 Å². The molecule has 0 saturated carbocycles. The molecule has 0 aliphatic carbocycles. The molecule has 2 N–H and O–H groups in total. The summed E-state index contributed by atoms with van der Waals surface area (Å²) in [6.07, 6.45) is 0. The fourth-order valence-corrected chi connectivity index (χ4v) is 1.50. The highest BCUT2D eigenvalue weighted by atomic mass is 19.1. The Morgan fingerprint density at radius 1 is 1.23 bits per heavy atom. The fourth-order valence-electron chi connectivity index (χ4n) is 1.50. The summed E-state index contributed by atoms with van der Waals surface area (Å²) in [4.78, 5) is 0. The van der Waals surface area contributed by atoms with Crippen molar-refractivity contribution in [2.24, 2.45) is 11.7 Å². The van der Waals surface area contributed by atoms with E-state index in [1.54, 1.807) is 0 Å². The van der Waals surface area contributed by atoms with Crippen LogP contribution in [0.1, 0.15) is 25.3 Å². The van der Waals surface area contributed by atoms with Gasteiger partial charge in [-0.15, -0.1) is 0 Å². The summed E-state index contributed by atoms with van der Waals surface area (Å²) >= 11 is 0. The monoisotopic (exact) mass is 181 g/mol. The van der Waals surface area contributed by atoms with Gasteiger partial charge in [0.15, 0.2) is 0 Å². The maximum absolute atomic E-state index is 12.6. The van der Waals surface area contributed by atoms with Crippen LogP contribution in [0.2, 0.25) is 0 Å². The molecule has 1 aromatic rings. The van der Waals surface area contributed by atoms with E-state index in [2.05, 4.69) is 13.8 Å². The average Bonchev–Trinajstić information content (AvgIpc) is 2.09. The third kappa shape index (κ3) is 2.52. The maximum Gasteiger partial charge on any atom is 0.123 e. The highest BCUT2D eigenvalue weighted by Gasteiger charge is 2.13. The van der Waals surface area contributed by atoms with Crippen LogP contribution in [0.25, 0.3) is 0 Å². The second kappa shape index (κ2) is 4.38. The Morgan fingerprint density at radius 2 is 1.77 bits per heavy atom. The molecule has 1 aromatic carbocycles. The van der Waals surface area contributed by atoms with Crippen molar-refractivity contribution in [3.8, 4) is 0 Å². The van der Waals surface area contributed by atoms with E-state index in [1.165, 1.54) is 12.1 Å². The van der Waals surface area contributed by atoms with Gasteiger partial charge >= 0.3 is 0 Å². The third-order valence-electron chi connectivity index (χ3n) is 2.36. The predicted molar refractivity (Wildman–Crippen MR) is 53.0 cm³/mol. The van der Waals surface area contributed by atoms with Crippen molar-refractivity contribution < 1.29 is 4.39 Å². The smallest absolute Gasteiger partial charge is 0.123 e. The molecular weight excluding hydrogens is 165 g/mol. The summed E-state index contributed by atoms with van der Waals surface area (Å²) in [6.45, 7) is 4.87. The zero-order valence-corrected chi connectivity index (χ0v) is 8.13. The molecule has 1 rings (SSSR count). The van der Waals surface area contributed by atoms with E-state index in [9.17, 15) is 4.39 Å². The van der Waals surface area contributed by atoms with Gasteiger partial charge in [0.2, 0.25) is 0 Å². The lowest BCUT2D eigenvalue weighted by molar-refractivity contribution is 0.505. The Labute approximate surface area is 78.8 Å². The van der Waals surface area contributed by atoms with Gasteiger partial charge < -0.3 is 5.73 Å². The normalized spacial score (nSPS) is 13.3. The predicted octanol–water partition coefficient (Wildman–Crippen LogP) is 2.52. The number of hydrogen-bond donors (Lipinski definition) is 1. The number of rotatable bonds is 3. The van der Waals surface area contributed by atoms with Crippen molar-refractivity contribution >= 4 is 0 Å². The Hall–Kier alpha value is -0.890. The Kier molecular flexibility index (Phi) is 3.43. The van der Waals surface area contributed by atoms with E-state index in [0.717, 1.165) is 5.56 Å². The minimum atomic E-state index is -0.191. The first-order valence-electron chi connectivity index (χ1n) is 4.60. The van der Waals surface area contributed by atoms with E-state index in [0.29, 0.717) is 18.4 Å². The minimum Gasteiger partial charge on any atom is -0.330 e. The first kappa shape index (κ1) is 10.2. The maximum atomic E-state index is 12.6. The number of nitrogens with two attached hydrogens (primary N) is 1. The lowest BCUT2D eigenvalue weighted by Crippen LogP contribution is -2.17.